The number of hydrogen-bond acceptors (Lipinski definition) is 15. The van der Waals surface area contributed by atoms with E-state index in [0.29, 0.717) is 31.6 Å². The van der Waals surface area contributed by atoms with E-state index in [9.17, 15) is 43.2 Å². The highest BCUT2D eigenvalue weighted by molar-refractivity contribution is 7.47. The molecule has 0 saturated heterocycles. The van der Waals surface area contributed by atoms with Gasteiger partial charge in [-0.05, 0) is 69.1 Å². The van der Waals surface area contributed by atoms with Crippen LogP contribution in [0.15, 0.2) is 24.3 Å². The molecule has 0 spiro atoms. The van der Waals surface area contributed by atoms with E-state index in [0.717, 1.165) is 127 Å². The molecule has 0 heterocycles. The highest BCUT2D eigenvalue weighted by Gasteiger charge is 2.30. The average molecular weight is 1360 g/mol. The molecule has 0 aliphatic carbocycles. The summed E-state index contributed by atoms with van der Waals surface area (Å²) >= 11 is 0. The molecular weight excluding hydrogens is 1220 g/mol. The summed E-state index contributed by atoms with van der Waals surface area (Å²) in [5.74, 6) is 0.0510. The van der Waals surface area contributed by atoms with E-state index in [4.69, 9.17) is 37.0 Å². The molecule has 0 aromatic carbocycles. The number of ether oxygens (including phenoxy) is 4. The molecule has 2 unspecified atom stereocenters. The van der Waals surface area contributed by atoms with Crippen LogP contribution < -0.4 is 0 Å². The molecule has 548 valence electrons. The predicted octanol–water partition coefficient (Wildman–Crippen LogP) is 21.0. The third-order valence-corrected chi connectivity index (χ3v) is 18.4. The smallest absolute Gasteiger partial charge is 0.462 e. The fraction of sp³-hybridized carbons (Fsp3) is 0.892. The Bertz CT molecular complexity index is 1910. The lowest BCUT2D eigenvalue weighted by atomic mass is 10.0. The molecule has 0 aliphatic rings. The molecule has 0 rings (SSSR count). The first-order valence-electron chi connectivity index (χ1n) is 37.7. The molecule has 0 amide bonds. The largest absolute Gasteiger partial charge is 0.472 e. The van der Waals surface area contributed by atoms with E-state index in [2.05, 4.69) is 72.8 Å². The quantitative estimate of drug-likeness (QED) is 0.0169. The molecule has 19 heteroatoms. The second-order valence-corrected chi connectivity index (χ2v) is 30.3. The molecule has 0 saturated carbocycles. The fourth-order valence-corrected chi connectivity index (χ4v) is 12.3. The number of rotatable bonds is 70. The number of hydrogen-bond donors (Lipinski definition) is 3. The number of phosphoric ester groups is 2. The standard InChI is InChI=1S/C74H140O17P2/c1-8-9-10-11-12-13-14-15-16-20-23-28-33-41-48-55-71(76)84-61-69(90-74(79)58-51-44-35-30-25-27-32-39-46-53-66(4)5)63-88-92(80,81)86-59-68(75)60-87-93(82,83)89-64-70(62-85-72(77)56-49-42-37-36-40-47-54-67(6)7)91-73(78)57-50-43-34-29-24-21-18-17-19-22-26-31-38-45-52-65(2)3/h13-16,65-70,75H,8-12,17-64H2,1-7H3,(H,80,81)(H,82,83)/b14-13-,16-15-/t68-,69-,70-/m1/s1. The first-order valence-corrected chi connectivity index (χ1v) is 40.7. The predicted molar refractivity (Wildman–Crippen MR) is 377 cm³/mol. The van der Waals surface area contributed by atoms with Crippen molar-refractivity contribution in [1.29, 1.82) is 0 Å². The summed E-state index contributed by atoms with van der Waals surface area (Å²) in [4.78, 5) is 72.6. The number of aliphatic hydroxyl groups excluding tert-OH is 1. The molecule has 0 aliphatic heterocycles. The first kappa shape index (κ1) is 90.5. The summed E-state index contributed by atoms with van der Waals surface area (Å²) in [6.45, 7) is 11.7. The number of carbonyl (C=O) groups is 4. The van der Waals surface area contributed by atoms with E-state index in [1.807, 2.05) is 0 Å². The Kier molecular flexibility index (Phi) is 62.5. The van der Waals surface area contributed by atoms with Crippen molar-refractivity contribution >= 4 is 39.5 Å². The number of phosphoric acid groups is 2. The average Bonchev–Trinajstić information content (AvgIpc) is 2.91. The van der Waals surface area contributed by atoms with E-state index in [1.165, 1.54) is 135 Å². The minimum Gasteiger partial charge on any atom is -0.462 e. The van der Waals surface area contributed by atoms with Gasteiger partial charge in [0.15, 0.2) is 12.2 Å². The summed E-state index contributed by atoms with van der Waals surface area (Å²) in [5.41, 5.74) is 0. The molecule has 0 aromatic rings. The lowest BCUT2D eigenvalue weighted by Crippen LogP contribution is -2.30. The third kappa shape index (κ3) is 67.9. The van der Waals surface area contributed by atoms with Crippen LogP contribution in [0.4, 0.5) is 0 Å². The summed E-state index contributed by atoms with van der Waals surface area (Å²) in [5, 5.41) is 10.6. The zero-order chi connectivity index (χ0) is 68.7. The van der Waals surface area contributed by atoms with Crippen LogP contribution in [0.3, 0.4) is 0 Å². The van der Waals surface area contributed by atoms with Gasteiger partial charge in [-0.3, -0.25) is 37.3 Å². The molecule has 17 nitrogen and oxygen atoms in total. The molecule has 3 N–H and O–H groups in total. The molecule has 0 fully saturated rings. The zero-order valence-electron chi connectivity index (χ0n) is 60.2. The maximum atomic E-state index is 13.0. The number of aliphatic hydroxyl groups is 1. The van der Waals surface area contributed by atoms with Crippen LogP contribution in [-0.2, 0) is 65.4 Å². The van der Waals surface area contributed by atoms with Crippen LogP contribution in [0.5, 0.6) is 0 Å². The van der Waals surface area contributed by atoms with Gasteiger partial charge in [0.2, 0.25) is 0 Å². The fourth-order valence-electron chi connectivity index (χ4n) is 10.7. The minimum absolute atomic E-state index is 0.0980. The summed E-state index contributed by atoms with van der Waals surface area (Å²) in [6, 6.07) is 0. The number of esters is 4. The summed E-state index contributed by atoms with van der Waals surface area (Å²) < 4.78 is 68.4. The summed E-state index contributed by atoms with van der Waals surface area (Å²) in [6.07, 6.45) is 52.3. The number of unbranched alkanes of at least 4 members (excludes halogenated alkanes) is 35. The topological polar surface area (TPSA) is 237 Å². The van der Waals surface area contributed by atoms with Gasteiger partial charge in [-0.2, -0.15) is 0 Å². The lowest BCUT2D eigenvalue weighted by Gasteiger charge is -2.21. The van der Waals surface area contributed by atoms with Gasteiger partial charge in [0.25, 0.3) is 0 Å². The Morgan fingerprint density at radius 2 is 0.581 bits per heavy atom. The van der Waals surface area contributed by atoms with Crippen molar-refractivity contribution in [2.75, 3.05) is 39.6 Å². The van der Waals surface area contributed by atoms with Crippen molar-refractivity contribution in [3.05, 3.63) is 24.3 Å². The van der Waals surface area contributed by atoms with E-state index in [1.54, 1.807) is 0 Å². The van der Waals surface area contributed by atoms with Crippen LogP contribution in [-0.4, -0.2) is 96.7 Å². The zero-order valence-corrected chi connectivity index (χ0v) is 62.0. The SMILES string of the molecule is CCCCCC/C=C\C=C/CCCCCCCC(=O)OC[C@H](COP(=O)(O)OC[C@@H](O)COP(=O)(O)OC[C@@H](COC(=O)CCCCCCCCC(C)C)OC(=O)CCCCCCCCCCCCCCCCC(C)C)OC(=O)CCCCCCCCCCCC(C)C. The van der Waals surface area contributed by atoms with Crippen molar-refractivity contribution in [2.45, 2.75) is 369 Å². The van der Waals surface area contributed by atoms with Crippen LogP contribution in [0.1, 0.15) is 350 Å². The van der Waals surface area contributed by atoms with Gasteiger partial charge in [-0.1, -0.05) is 297 Å². The van der Waals surface area contributed by atoms with Gasteiger partial charge in [0, 0.05) is 25.7 Å². The molecule has 93 heavy (non-hydrogen) atoms. The second kappa shape index (κ2) is 64.2. The Balaban J connectivity index is 5.25. The van der Waals surface area contributed by atoms with Gasteiger partial charge in [-0.15, -0.1) is 0 Å². The molecule has 5 atom stereocenters. The second-order valence-electron chi connectivity index (χ2n) is 27.4. The van der Waals surface area contributed by atoms with Gasteiger partial charge in [-0.25, -0.2) is 9.13 Å². The first-order chi connectivity index (χ1) is 44.7. The van der Waals surface area contributed by atoms with Crippen LogP contribution in [0, 0.1) is 17.8 Å². The Morgan fingerprint density at radius 3 is 0.871 bits per heavy atom. The highest BCUT2D eigenvalue weighted by atomic mass is 31.2. The molecular formula is C74H140O17P2. The third-order valence-electron chi connectivity index (χ3n) is 16.5. The molecule has 0 radical (unpaired) electrons. The van der Waals surface area contributed by atoms with Crippen LogP contribution in [0.2, 0.25) is 0 Å². The number of allylic oxidation sites excluding steroid dienone is 4. The van der Waals surface area contributed by atoms with Crippen molar-refractivity contribution in [3.8, 4) is 0 Å². The van der Waals surface area contributed by atoms with Gasteiger partial charge in [0.05, 0.1) is 26.4 Å². The van der Waals surface area contributed by atoms with Gasteiger partial charge >= 0.3 is 39.5 Å². The minimum atomic E-state index is -4.96. The summed E-state index contributed by atoms with van der Waals surface area (Å²) in [7, 11) is -9.92. The maximum Gasteiger partial charge on any atom is 0.472 e. The van der Waals surface area contributed by atoms with Crippen molar-refractivity contribution in [3.63, 3.8) is 0 Å². The van der Waals surface area contributed by atoms with Gasteiger partial charge in [0.1, 0.15) is 19.3 Å². The van der Waals surface area contributed by atoms with Crippen LogP contribution in [0.25, 0.3) is 0 Å². The van der Waals surface area contributed by atoms with E-state index >= 15 is 0 Å². The van der Waals surface area contributed by atoms with E-state index in [-0.39, 0.29) is 25.7 Å². The van der Waals surface area contributed by atoms with Crippen LogP contribution >= 0.6 is 15.6 Å². The van der Waals surface area contributed by atoms with Crippen molar-refractivity contribution < 1.29 is 80.2 Å². The van der Waals surface area contributed by atoms with Crippen molar-refractivity contribution in [1.82, 2.24) is 0 Å². The highest BCUT2D eigenvalue weighted by Crippen LogP contribution is 2.45. The monoisotopic (exact) mass is 1360 g/mol. The maximum absolute atomic E-state index is 13.0. The molecule has 0 bridgehead atoms. The van der Waals surface area contributed by atoms with Crippen molar-refractivity contribution in [2.24, 2.45) is 17.8 Å². The molecule has 0 aromatic heterocycles. The Hall–Kier alpha value is -2.46. The van der Waals surface area contributed by atoms with Gasteiger partial charge < -0.3 is 33.8 Å². The number of carbonyl (C=O) groups excluding carboxylic acids is 4. The normalized spacial score (nSPS) is 14.3. The Labute approximate surface area is 567 Å². The van der Waals surface area contributed by atoms with E-state index < -0.39 is 97.5 Å². The lowest BCUT2D eigenvalue weighted by molar-refractivity contribution is -0.161. The Morgan fingerprint density at radius 1 is 0.333 bits per heavy atom.